The average Bonchev–Trinajstić information content (AvgIpc) is 2.90. The summed E-state index contributed by atoms with van der Waals surface area (Å²) in [4.78, 5) is 22.0. The van der Waals surface area contributed by atoms with Crippen molar-refractivity contribution < 1.29 is 70.9 Å². The Morgan fingerprint density at radius 3 is 2.75 bits per heavy atom. The smallest absolute Gasteiger partial charge is 1.00 e. The quantitative estimate of drug-likeness (QED) is 0.463. The minimum atomic E-state index is -1.41. The van der Waals surface area contributed by atoms with Crippen molar-refractivity contribution in [3.63, 3.8) is 0 Å². The fraction of sp³-hybridized carbons (Fsp3) is 0.200. The molecule has 3 aromatic rings. The number of nitrogens with zero attached hydrogens (tertiary/aromatic N) is 1. The minimum absolute atomic E-state index is 0. The molecule has 0 aliphatic carbocycles. The van der Waals surface area contributed by atoms with Gasteiger partial charge in [0.25, 0.3) is 0 Å². The molecule has 1 atom stereocenters. The third kappa shape index (κ3) is 4.60. The number of pyridine rings is 1. The summed E-state index contributed by atoms with van der Waals surface area (Å²) in [5.41, 5.74) is 2.96. The van der Waals surface area contributed by atoms with Crippen molar-refractivity contribution in [2.75, 3.05) is 7.11 Å². The van der Waals surface area contributed by atoms with Crippen LogP contribution in [-0.2, 0) is 16.6 Å². The molecule has 3 rings (SSSR count). The molecule has 118 valence electrons. The summed E-state index contributed by atoms with van der Waals surface area (Å²) in [6, 6.07) is 7.16. The van der Waals surface area contributed by atoms with Crippen molar-refractivity contribution in [1.82, 2.24) is 15.0 Å². The van der Waals surface area contributed by atoms with E-state index < -0.39 is 10.8 Å². The number of aromatic amines is 2. The van der Waals surface area contributed by atoms with Gasteiger partial charge in [-0.2, -0.15) is 0 Å². The Morgan fingerprint density at radius 1 is 1.29 bits per heavy atom. The Kier molecular flexibility index (Phi) is 8.41. The van der Waals surface area contributed by atoms with Crippen molar-refractivity contribution in [3.05, 3.63) is 51.9 Å². The second-order valence-corrected chi connectivity index (χ2v) is 6.27. The number of ether oxygens (including phenoxy) is 1. The number of rotatable bonds is 4. The Bertz CT molecular complexity index is 934. The molecule has 2 aromatic heterocycles. The van der Waals surface area contributed by atoms with E-state index in [0.717, 1.165) is 16.6 Å². The maximum absolute atomic E-state index is 12.5. The average molecular weight is 365 g/mol. The first kappa shape index (κ1) is 21.6. The van der Waals surface area contributed by atoms with Gasteiger partial charge in [-0.1, -0.05) is 6.07 Å². The summed E-state index contributed by atoms with van der Waals surface area (Å²) >= 11 is 0. The largest absolute Gasteiger partial charge is 1.00 e. The first-order valence-corrected chi connectivity index (χ1v) is 7.99. The van der Waals surface area contributed by atoms with Gasteiger partial charge in [-0.3, -0.25) is 9.00 Å². The van der Waals surface area contributed by atoms with Crippen molar-refractivity contribution in [2.24, 2.45) is 0 Å². The second kappa shape index (κ2) is 9.33. The first-order chi connectivity index (χ1) is 10.6. The van der Waals surface area contributed by atoms with Gasteiger partial charge >= 0.3 is 59.1 Å². The van der Waals surface area contributed by atoms with E-state index >= 15 is 0 Å². The standard InChI is InChI=1S/C15H15N3O3S.2Na.2H/c1-9-3-4-10-11(7-9)18-15(17-10)22(20)8-12-14(21-2)13(19)5-6-16-12;;;;/h3-7H,8H2,1-2H3,(H,16,19)(H,17,18);;;;/q;2*+1;2*-1. The Balaban J connectivity index is 0. The third-order valence-electron chi connectivity index (χ3n) is 3.30. The monoisotopic (exact) mass is 365 g/mol. The molecular weight excluding hydrogens is 348 g/mol. The van der Waals surface area contributed by atoms with Crippen molar-refractivity contribution in [2.45, 2.75) is 17.8 Å². The predicted molar refractivity (Wildman–Crippen MR) is 86.8 cm³/mol. The molecule has 9 heteroatoms. The van der Waals surface area contributed by atoms with Crippen LogP contribution in [0.3, 0.4) is 0 Å². The van der Waals surface area contributed by atoms with Crippen molar-refractivity contribution in [1.29, 1.82) is 0 Å². The number of hydrogen-bond donors (Lipinski definition) is 2. The van der Waals surface area contributed by atoms with E-state index in [1.54, 1.807) is 0 Å². The molecule has 1 aromatic carbocycles. The second-order valence-electron chi connectivity index (χ2n) is 4.91. The van der Waals surface area contributed by atoms with E-state index in [4.69, 9.17) is 4.74 Å². The molecule has 0 aliphatic rings. The number of hydrogen-bond acceptors (Lipinski definition) is 4. The van der Waals surface area contributed by atoms with Crippen LogP contribution in [0.15, 0.2) is 40.4 Å². The number of methoxy groups -OCH3 is 1. The number of fused-ring (bicyclic) bond motifs is 1. The summed E-state index contributed by atoms with van der Waals surface area (Å²) in [6.07, 6.45) is 1.51. The molecule has 0 aliphatic heterocycles. The molecule has 2 N–H and O–H groups in total. The van der Waals surface area contributed by atoms with Crippen LogP contribution >= 0.6 is 0 Å². The van der Waals surface area contributed by atoms with E-state index in [1.807, 2.05) is 25.1 Å². The molecule has 0 saturated carbocycles. The molecule has 0 saturated heterocycles. The Morgan fingerprint density at radius 2 is 2.04 bits per heavy atom. The number of aryl methyl sites for hydroxylation is 1. The van der Waals surface area contributed by atoms with E-state index in [2.05, 4.69) is 15.0 Å². The zero-order valence-electron chi connectivity index (χ0n) is 16.2. The summed E-state index contributed by atoms with van der Waals surface area (Å²) in [6.45, 7) is 1.98. The van der Waals surface area contributed by atoms with Crippen LogP contribution in [0.5, 0.6) is 5.75 Å². The molecule has 0 radical (unpaired) electrons. The summed E-state index contributed by atoms with van der Waals surface area (Å²) in [5.74, 6) is 0.306. The van der Waals surface area contributed by atoms with Gasteiger partial charge in [0, 0.05) is 12.3 Å². The third-order valence-corrected chi connectivity index (χ3v) is 4.48. The number of imidazole rings is 1. The molecule has 2 heterocycles. The van der Waals surface area contributed by atoms with Crippen LogP contribution in [0.1, 0.15) is 14.1 Å². The van der Waals surface area contributed by atoms with Gasteiger partial charge < -0.3 is 17.6 Å². The number of H-pyrrole nitrogens is 2. The molecule has 0 amide bonds. The van der Waals surface area contributed by atoms with Crippen molar-refractivity contribution >= 4 is 21.8 Å². The molecule has 0 spiro atoms. The molecule has 0 bridgehead atoms. The normalized spacial score (nSPS) is 11.4. The fourth-order valence-electron chi connectivity index (χ4n) is 2.25. The van der Waals surface area contributed by atoms with Gasteiger partial charge in [0.2, 0.25) is 5.43 Å². The predicted octanol–water partition coefficient (Wildman–Crippen LogP) is -3.89. The van der Waals surface area contributed by atoms with Crippen LogP contribution in [0.25, 0.3) is 11.0 Å². The summed E-state index contributed by atoms with van der Waals surface area (Å²) in [7, 11) is 0.00701. The zero-order chi connectivity index (χ0) is 15.7. The molecule has 0 fully saturated rings. The maximum atomic E-state index is 12.5. The van der Waals surface area contributed by atoms with E-state index in [9.17, 15) is 9.00 Å². The molecule has 6 nitrogen and oxygen atoms in total. The Labute approximate surface area is 188 Å². The van der Waals surface area contributed by atoms with E-state index in [0.29, 0.717) is 10.9 Å². The molecular formula is C15H17N3Na2O3S. The summed E-state index contributed by atoms with van der Waals surface area (Å²) < 4.78 is 17.6. The van der Waals surface area contributed by atoms with E-state index in [-0.39, 0.29) is 78.9 Å². The topological polar surface area (TPSA) is 87.8 Å². The van der Waals surface area contributed by atoms with E-state index in [1.165, 1.54) is 19.4 Å². The molecule has 1 unspecified atom stereocenters. The first-order valence-electron chi connectivity index (χ1n) is 6.68. The molecule has 24 heavy (non-hydrogen) atoms. The number of nitrogens with one attached hydrogen (secondary N) is 2. The van der Waals surface area contributed by atoms with Crippen LogP contribution < -0.4 is 69.3 Å². The van der Waals surface area contributed by atoms with Crippen molar-refractivity contribution in [3.8, 4) is 5.75 Å². The van der Waals surface area contributed by atoms with Gasteiger partial charge in [-0.15, -0.1) is 0 Å². The SMILES string of the molecule is COc1c(CS(=O)c2nc3ccc(C)cc3[nH]2)[nH]ccc1=O.[H-].[H-].[Na+].[Na+]. The van der Waals surface area contributed by atoms with Gasteiger partial charge in [-0.05, 0) is 24.6 Å². The van der Waals surface area contributed by atoms with Crippen LogP contribution in [0, 0.1) is 6.92 Å². The van der Waals surface area contributed by atoms with Gasteiger partial charge in [0.1, 0.15) is 0 Å². The fourth-order valence-corrected chi connectivity index (χ4v) is 3.28. The van der Waals surface area contributed by atoms with Crippen LogP contribution in [0.4, 0.5) is 0 Å². The number of aromatic nitrogens is 3. The Hall–Kier alpha value is -0.410. The maximum Gasteiger partial charge on any atom is 1.00 e. The van der Waals surface area contributed by atoms with Crippen LogP contribution in [-0.4, -0.2) is 26.3 Å². The van der Waals surface area contributed by atoms with Gasteiger partial charge in [0.15, 0.2) is 10.9 Å². The van der Waals surface area contributed by atoms with Gasteiger partial charge in [0.05, 0.1) is 40.4 Å². The zero-order valence-corrected chi connectivity index (χ0v) is 19.0. The number of benzene rings is 1. The van der Waals surface area contributed by atoms with Gasteiger partial charge in [-0.25, -0.2) is 4.98 Å². The van der Waals surface area contributed by atoms with Crippen LogP contribution in [0.2, 0.25) is 0 Å². The summed E-state index contributed by atoms with van der Waals surface area (Å²) in [5, 5.41) is 0.382. The minimum Gasteiger partial charge on any atom is -1.00 e.